The van der Waals surface area contributed by atoms with Gasteiger partial charge in [0.15, 0.2) is 5.78 Å². The topological polar surface area (TPSA) is 35.5 Å². The second-order valence-corrected chi connectivity index (χ2v) is 5.58. The highest BCUT2D eigenvalue weighted by molar-refractivity contribution is 5.97. The maximum atomic E-state index is 12.0. The van der Waals surface area contributed by atoms with Crippen molar-refractivity contribution in [2.75, 3.05) is 0 Å². The quantitative estimate of drug-likeness (QED) is 0.715. The minimum Gasteiger partial charge on any atom is -0.456 e. The normalized spacial score (nSPS) is 28.7. The van der Waals surface area contributed by atoms with Crippen LogP contribution >= 0.6 is 0 Å². The Kier molecular flexibility index (Phi) is 2.25. The number of rotatable bonds is 0. The van der Waals surface area contributed by atoms with Gasteiger partial charge in [0.2, 0.25) is 0 Å². The van der Waals surface area contributed by atoms with Crippen LogP contribution in [-0.4, -0.2) is 11.6 Å². The Balaban J connectivity index is 1.64. The number of ketones is 1. The van der Waals surface area contributed by atoms with E-state index < -0.39 is 5.79 Å². The van der Waals surface area contributed by atoms with Crippen molar-refractivity contribution in [3.63, 3.8) is 0 Å². The standard InChI is InChI=1S/C16H16O3/c17-13-5-3-7-15-12(13)10-16(19-15)9-8-11-4-1-2-6-14(11)18-16/h1-2,4,6H,3,5,7-10H2. The van der Waals surface area contributed by atoms with Gasteiger partial charge in [-0.3, -0.25) is 4.79 Å². The Hall–Kier alpha value is -1.77. The van der Waals surface area contributed by atoms with Crippen molar-refractivity contribution in [3.05, 3.63) is 41.2 Å². The van der Waals surface area contributed by atoms with Crippen molar-refractivity contribution in [1.82, 2.24) is 0 Å². The first-order valence-corrected chi connectivity index (χ1v) is 6.97. The zero-order valence-corrected chi connectivity index (χ0v) is 10.8. The van der Waals surface area contributed by atoms with E-state index in [1.54, 1.807) is 0 Å². The van der Waals surface area contributed by atoms with Crippen LogP contribution in [0.5, 0.6) is 5.75 Å². The fraction of sp³-hybridized carbons (Fsp3) is 0.438. The lowest BCUT2D eigenvalue weighted by Crippen LogP contribution is -2.39. The van der Waals surface area contributed by atoms with Gasteiger partial charge in [-0.1, -0.05) is 18.2 Å². The number of benzene rings is 1. The minimum atomic E-state index is -0.612. The zero-order chi connectivity index (χ0) is 12.9. The first-order chi connectivity index (χ1) is 9.26. The van der Waals surface area contributed by atoms with Crippen molar-refractivity contribution < 1.29 is 14.3 Å². The van der Waals surface area contributed by atoms with Crippen LogP contribution in [0.2, 0.25) is 0 Å². The summed E-state index contributed by atoms with van der Waals surface area (Å²) in [4.78, 5) is 12.0. The number of fused-ring (bicyclic) bond motifs is 1. The van der Waals surface area contributed by atoms with E-state index in [-0.39, 0.29) is 5.78 Å². The van der Waals surface area contributed by atoms with E-state index in [4.69, 9.17) is 9.47 Å². The van der Waals surface area contributed by atoms with Gasteiger partial charge in [0.05, 0.1) is 6.42 Å². The van der Waals surface area contributed by atoms with Gasteiger partial charge in [-0.05, 0) is 24.5 Å². The Morgan fingerprint density at radius 2 is 1.95 bits per heavy atom. The summed E-state index contributed by atoms with van der Waals surface area (Å²) in [6.45, 7) is 0. The van der Waals surface area contributed by atoms with Crippen LogP contribution in [-0.2, 0) is 16.0 Å². The summed E-state index contributed by atoms with van der Waals surface area (Å²) < 4.78 is 12.2. The number of hydrogen-bond donors (Lipinski definition) is 0. The summed E-state index contributed by atoms with van der Waals surface area (Å²) in [5.41, 5.74) is 2.11. The van der Waals surface area contributed by atoms with Crippen LogP contribution in [0.4, 0.5) is 0 Å². The molecule has 0 aromatic heterocycles. The minimum absolute atomic E-state index is 0.251. The predicted octanol–water partition coefficient (Wildman–Crippen LogP) is 3.14. The van der Waals surface area contributed by atoms with Gasteiger partial charge in [-0.25, -0.2) is 0 Å². The van der Waals surface area contributed by atoms with Gasteiger partial charge < -0.3 is 9.47 Å². The molecule has 2 heterocycles. The van der Waals surface area contributed by atoms with Crippen LogP contribution < -0.4 is 4.74 Å². The molecule has 1 spiro atoms. The van der Waals surface area contributed by atoms with Gasteiger partial charge in [-0.15, -0.1) is 0 Å². The summed E-state index contributed by atoms with van der Waals surface area (Å²) in [6.07, 6.45) is 4.84. The number of Topliss-reactive ketones (excluding diaryl/α,β-unsaturated/α-hetero) is 1. The van der Waals surface area contributed by atoms with Crippen LogP contribution in [0.25, 0.3) is 0 Å². The van der Waals surface area contributed by atoms with Crippen molar-refractivity contribution in [1.29, 1.82) is 0 Å². The van der Waals surface area contributed by atoms with Crippen LogP contribution in [0.15, 0.2) is 35.6 Å². The summed E-state index contributed by atoms with van der Waals surface area (Å²) in [5, 5.41) is 0. The number of ether oxygens (including phenoxy) is 2. The molecule has 0 saturated carbocycles. The molecule has 0 radical (unpaired) electrons. The maximum absolute atomic E-state index is 12.0. The largest absolute Gasteiger partial charge is 0.456 e. The van der Waals surface area contributed by atoms with Crippen molar-refractivity contribution in [3.8, 4) is 5.75 Å². The van der Waals surface area contributed by atoms with Gasteiger partial charge in [0.25, 0.3) is 5.79 Å². The fourth-order valence-electron chi connectivity index (χ4n) is 3.29. The molecule has 3 nitrogen and oxygen atoms in total. The Morgan fingerprint density at radius 3 is 2.84 bits per heavy atom. The van der Waals surface area contributed by atoms with Crippen molar-refractivity contribution >= 4 is 5.78 Å². The SMILES string of the molecule is O=C1CCCC2=C1CC1(CCc3ccccc3O1)O2. The Morgan fingerprint density at radius 1 is 1.05 bits per heavy atom. The van der Waals surface area contributed by atoms with Gasteiger partial charge in [-0.2, -0.15) is 0 Å². The van der Waals surface area contributed by atoms with E-state index in [2.05, 4.69) is 6.07 Å². The lowest BCUT2D eigenvalue weighted by Gasteiger charge is -2.35. The molecule has 19 heavy (non-hydrogen) atoms. The molecule has 3 heteroatoms. The number of allylic oxidation sites excluding steroid dienone is 1. The molecule has 0 bridgehead atoms. The summed E-state index contributed by atoms with van der Waals surface area (Å²) in [6, 6.07) is 8.09. The molecule has 1 aliphatic carbocycles. The first-order valence-electron chi connectivity index (χ1n) is 6.97. The Labute approximate surface area is 112 Å². The van der Waals surface area contributed by atoms with E-state index in [1.165, 1.54) is 5.56 Å². The van der Waals surface area contributed by atoms with Crippen molar-refractivity contribution in [2.45, 2.75) is 44.3 Å². The van der Waals surface area contributed by atoms with Crippen LogP contribution in [0.1, 0.15) is 37.7 Å². The molecule has 1 atom stereocenters. The molecule has 98 valence electrons. The first kappa shape index (κ1) is 11.1. The maximum Gasteiger partial charge on any atom is 0.255 e. The third kappa shape index (κ3) is 1.68. The number of hydrogen-bond acceptors (Lipinski definition) is 3. The predicted molar refractivity (Wildman–Crippen MR) is 69.7 cm³/mol. The zero-order valence-electron chi connectivity index (χ0n) is 10.8. The van der Waals surface area contributed by atoms with Crippen LogP contribution in [0, 0.1) is 0 Å². The van der Waals surface area contributed by atoms with Crippen LogP contribution in [0.3, 0.4) is 0 Å². The molecular formula is C16H16O3. The average Bonchev–Trinajstić information content (AvgIpc) is 2.78. The smallest absolute Gasteiger partial charge is 0.255 e. The van der Waals surface area contributed by atoms with E-state index in [0.717, 1.165) is 42.8 Å². The van der Waals surface area contributed by atoms with Gasteiger partial charge in [0, 0.05) is 24.8 Å². The fourth-order valence-corrected chi connectivity index (χ4v) is 3.29. The summed E-state index contributed by atoms with van der Waals surface area (Å²) in [5.74, 6) is 1.43. The Bertz CT molecular complexity index is 587. The molecular weight excluding hydrogens is 240 g/mol. The summed E-state index contributed by atoms with van der Waals surface area (Å²) >= 11 is 0. The molecule has 4 rings (SSSR count). The van der Waals surface area contributed by atoms with E-state index >= 15 is 0 Å². The van der Waals surface area contributed by atoms with E-state index in [9.17, 15) is 4.79 Å². The monoisotopic (exact) mass is 256 g/mol. The molecule has 3 aliphatic rings. The summed E-state index contributed by atoms with van der Waals surface area (Å²) in [7, 11) is 0. The third-order valence-corrected chi connectivity index (χ3v) is 4.28. The van der Waals surface area contributed by atoms with Gasteiger partial charge >= 0.3 is 0 Å². The molecule has 0 N–H and O–H groups in total. The van der Waals surface area contributed by atoms with Crippen molar-refractivity contribution in [2.24, 2.45) is 0 Å². The number of carbonyl (C=O) groups excluding carboxylic acids is 1. The third-order valence-electron chi connectivity index (χ3n) is 4.28. The van der Waals surface area contributed by atoms with E-state index in [0.29, 0.717) is 12.8 Å². The molecule has 0 amide bonds. The number of aryl methyl sites for hydroxylation is 1. The molecule has 1 aromatic rings. The second-order valence-electron chi connectivity index (χ2n) is 5.58. The lowest BCUT2D eigenvalue weighted by atomic mass is 9.91. The van der Waals surface area contributed by atoms with E-state index in [1.807, 2.05) is 18.2 Å². The molecule has 2 aliphatic heterocycles. The number of carbonyl (C=O) groups is 1. The molecule has 1 aromatic carbocycles. The second kappa shape index (κ2) is 3.86. The molecule has 0 fully saturated rings. The highest BCUT2D eigenvalue weighted by Gasteiger charge is 2.47. The highest BCUT2D eigenvalue weighted by Crippen LogP contribution is 2.46. The van der Waals surface area contributed by atoms with Gasteiger partial charge in [0.1, 0.15) is 11.5 Å². The number of para-hydroxylation sites is 1. The lowest BCUT2D eigenvalue weighted by molar-refractivity contribution is -0.151. The molecule has 0 saturated heterocycles. The average molecular weight is 256 g/mol. The molecule has 1 unspecified atom stereocenters. The highest BCUT2D eigenvalue weighted by atomic mass is 16.7.